The molecule has 120 valence electrons. The molecule has 0 unspecified atom stereocenters. The first kappa shape index (κ1) is 18.1. The Labute approximate surface area is 156 Å². The molecule has 1 N–H and O–H groups in total. The molecule has 2 aromatic rings. The number of ether oxygens (including phenoxy) is 1. The number of nitrogens with one attached hydrogen (secondary N) is 1. The number of rotatable bonds is 5. The summed E-state index contributed by atoms with van der Waals surface area (Å²) in [4.78, 5) is 11.7. The van der Waals surface area contributed by atoms with Crippen LogP contribution in [0.25, 0.3) is 0 Å². The maximum atomic E-state index is 11.7. The third-order valence-corrected chi connectivity index (χ3v) is 4.15. The highest BCUT2D eigenvalue weighted by atomic mass is 79.9. The van der Waals surface area contributed by atoms with Crippen molar-refractivity contribution in [3.05, 3.63) is 61.5 Å². The summed E-state index contributed by atoms with van der Waals surface area (Å²) in [6.45, 7) is -0.255. The lowest BCUT2D eigenvalue weighted by Crippen LogP contribution is -2.24. The molecule has 8 heteroatoms. The standard InChI is InChI=1S/C15H10BrCl3N2O2/c16-10-3-1-9(2-4-10)7-20-21-15(22)8-23-14-6-12(18)11(17)5-13(14)19/h1-7H,8H2,(H,21,22). The van der Waals surface area contributed by atoms with E-state index in [4.69, 9.17) is 39.5 Å². The van der Waals surface area contributed by atoms with Gasteiger partial charge >= 0.3 is 0 Å². The Morgan fingerprint density at radius 1 is 1.13 bits per heavy atom. The summed E-state index contributed by atoms with van der Waals surface area (Å²) in [5.74, 6) is -0.159. The normalized spacial score (nSPS) is 10.8. The van der Waals surface area contributed by atoms with Gasteiger partial charge in [0.05, 0.1) is 21.3 Å². The zero-order valence-electron chi connectivity index (χ0n) is 11.5. The van der Waals surface area contributed by atoms with E-state index in [2.05, 4.69) is 26.5 Å². The topological polar surface area (TPSA) is 50.7 Å². The molecule has 0 aliphatic carbocycles. The van der Waals surface area contributed by atoms with Gasteiger partial charge in [-0.1, -0.05) is 62.9 Å². The molecular formula is C15H10BrCl3N2O2. The number of carbonyl (C=O) groups excluding carboxylic acids is 1. The van der Waals surface area contributed by atoms with E-state index in [0.29, 0.717) is 10.0 Å². The van der Waals surface area contributed by atoms with Gasteiger partial charge in [0.1, 0.15) is 5.75 Å². The van der Waals surface area contributed by atoms with Crippen LogP contribution < -0.4 is 10.2 Å². The summed E-state index contributed by atoms with van der Waals surface area (Å²) in [6, 6.07) is 10.4. The van der Waals surface area contributed by atoms with Crippen LogP contribution in [0.4, 0.5) is 0 Å². The fraction of sp³-hybridized carbons (Fsp3) is 0.0667. The Morgan fingerprint density at radius 3 is 2.48 bits per heavy atom. The highest BCUT2D eigenvalue weighted by Gasteiger charge is 2.09. The quantitative estimate of drug-likeness (QED) is 0.410. The second-order valence-corrected chi connectivity index (χ2v) is 6.47. The van der Waals surface area contributed by atoms with E-state index >= 15 is 0 Å². The van der Waals surface area contributed by atoms with Gasteiger partial charge in [-0.3, -0.25) is 4.79 Å². The third kappa shape index (κ3) is 5.70. The van der Waals surface area contributed by atoms with Crippen molar-refractivity contribution in [2.24, 2.45) is 5.10 Å². The Kier molecular flexibility index (Phi) is 6.72. The van der Waals surface area contributed by atoms with Crippen molar-refractivity contribution in [1.82, 2.24) is 5.43 Å². The van der Waals surface area contributed by atoms with Gasteiger partial charge in [0.15, 0.2) is 6.61 Å². The lowest BCUT2D eigenvalue weighted by atomic mass is 10.2. The van der Waals surface area contributed by atoms with Gasteiger partial charge in [-0.2, -0.15) is 5.10 Å². The highest BCUT2D eigenvalue weighted by molar-refractivity contribution is 9.10. The highest BCUT2D eigenvalue weighted by Crippen LogP contribution is 2.33. The molecule has 1 amide bonds. The van der Waals surface area contributed by atoms with E-state index in [1.165, 1.54) is 18.3 Å². The summed E-state index contributed by atoms with van der Waals surface area (Å²) < 4.78 is 6.25. The van der Waals surface area contributed by atoms with Gasteiger partial charge in [-0.15, -0.1) is 0 Å². The minimum absolute atomic E-state index is 0.255. The molecule has 0 aliphatic heterocycles. The van der Waals surface area contributed by atoms with Crippen molar-refractivity contribution < 1.29 is 9.53 Å². The minimum atomic E-state index is -0.430. The minimum Gasteiger partial charge on any atom is -0.482 e. The molecule has 0 fully saturated rings. The smallest absolute Gasteiger partial charge is 0.277 e. The second kappa shape index (κ2) is 8.55. The molecule has 0 bridgehead atoms. The number of carbonyl (C=O) groups is 1. The Balaban J connectivity index is 1.86. The molecule has 0 atom stereocenters. The van der Waals surface area contributed by atoms with Crippen molar-refractivity contribution in [3.8, 4) is 5.75 Å². The van der Waals surface area contributed by atoms with E-state index in [1.807, 2.05) is 24.3 Å². The number of nitrogens with zero attached hydrogens (tertiary/aromatic N) is 1. The molecular weight excluding hydrogens is 426 g/mol. The van der Waals surface area contributed by atoms with E-state index in [-0.39, 0.29) is 17.4 Å². The van der Waals surface area contributed by atoms with Crippen molar-refractivity contribution in [3.63, 3.8) is 0 Å². The van der Waals surface area contributed by atoms with Crippen molar-refractivity contribution in [2.45, 2.75) is 0 Å². The predicted molar refractivity (Wildman–Crippen MR) is 96.8 cm³/mol. The number of hydrogen-bond donors (Lipinski definition) is 1. The molecule has 23 heavy (non-hydrogen) atoms. The van der Waals surface area contributed by atoms with Crippen LogP contribution >= 0.6 is 50.7 Å². The Hall–Kier alpha value is -1.27. The average molecular weight is 437 g/mol. The van der Waals surface area contributed by atoms with Crippen LogP contribution in [0.2, 0.25) is 15.1 Å². The molecule has 2 rings (SSSR count). The fourth-order valence-electron chi connectivity index (χ4n) is 1.52. The van der Waals surface area contributed by atoms with Gasteiger partial charge in [-0.05, 0) is 23.8 Å². The Bertz CT molecular complexity index is 736. The first-order valence-electron chi connectivity index (χ1n) is 6.30. The van der Waals surface area contributed by atoms with Gasteiger partial charge in [0.2, 0.25) is 0 Å². The van der Waals surface area contributed by atoms with Crippen molar-refractivity contribution in [2.75, 3.05) is 6.61 Å². The first-order valence-corrected chi connectivity index (χ1v) is 8.23. The predicted octanol–water partition coefficient (Wildman–Crippen LogP) is 4.94. The molecule has 0 aromatic heterocycles. The molecule has 0 radical (unpaired) electrons. The van der Waals surface area contributed by atoms with Gasteiger partial charge < -0.3 is 4.74 Å². The first-order chi connectivity index (χ1) is 11.0. The fourth-order valence-corrected chi connectivity index (χ4v) is 2.37. The van der Waals surface area contributed by atoms with Crippen LogP contribution in [0.5, 0.6) is 5.75 Å². The largest absolute Gasteiger partial charge is 0.482 e. The third-order valence-electron chi connectivity index (χ3n) is 2.61. The monoisotopic (exact) mass is 434 g/mol. The molecule has 0 saturated carbocycles. The summed E-state index contributed by atoms with van der Waals surface area (Å²) >= 11 is 21.0. The average Bonchev–Trinajstić information content (AvgIpc) is 2.51. The number of amides is 1. The van der Waals surface area contributed by atoms with Crippen LogP contribution in [0.3, 0.4) is 0 Å². The van der Waals surface area contributed by atoms with Gasteiger partial charge in [-0.25, -0.2) is 5.43 Å². The lowest BCUT2D eigenvalue weighted by molar-refractivity contribution is -0.123. The molecule has 4 nitrogen and oxygen atoms in total. The maximum absolute atomic E-state index is 11.7. The summed E-state index contributed by atoms with van der Waals surface area (Å²) in [6.07, 6.45) is 1.52. The SMILES string of the molecule is O=C(COc1cc(Cl)c(Cl)cc1Cl)NN=Cc1ccc(Br)cc1. The van der Waals surface area contributed by atoms with Crippen molar-refractivity contribution >= 4 is 62.9 Å². The van der Waals surface area contributed by atoms with E-state index in [0.717, 1.165) is 10.0 Å². The zero-order valence-corrected chi connectivity index (χ0v) is 15.4. The van der Waals surface area contributed by atoms with Gasteiger partial charge in [0, 0.05) is 10.5 Å². The van der Waals surface area contributed by atoms with Gasteiger partial charge in [0.25, 0.3) is 5.91 Å². The number of hydrazone groups is 1. The molecule has 0 heterocycles. The lowest BCUT2D eigenvalue weighted by Gasteiger charge is -2.08. The summed E-state index contributed by atoms with van der Waals surface area (Å²) in [5, 5.41) is 4.71. The summed E-state index contributed by atoms with van der Waals surface area (Å²) in [5.41, 5.74) is 3.20. The van der Waals surface area contributed by atoms with Crippen LogP contribution in [0.1, 0.15) is 5.56 Å². The van der Waals surface area contributed by atoms with E-state index < -0.39 is 5.91 Å². The van der Waals surface area contributed by atoms with Crippen LogP contribution in [0, 0.1) is 0 Å². The second-order valence-electron chi connectivity index (χ2n) is 4.33. The number of hydrogen-bond acceptors (Lipinski definition) is 3. The molecule has 0 spiro atoms. The van der Waals surface area contributed by atoms with Crippen LogP contribution in [-0.2, 0) is 4.79 Å². The van der Waals surface area contributed by atoms with Crippen LogP contribution in [-0.4, -0.2) is 18.7 Å². The number of benzene rings is 2. The zero-order chi connectivity index (χ0) is 16.8. The van der Waals surface area contributed by atoms with Crippen molar-refractivity contribution in [1.29, 1.82) is 0 Å². The molecule has 0 saturated heterocycles. The number of halogens is 4. The molecule has 0 aliphatic rings. The van der Waals surface area contributed by atoms with E-state index in [1.54, 1.807) is 0 Å². The Morgan fingerprint density at radius 2 is 1.78 bits per heavy atom. The van der Waals surface area contributed by atoms with Crippen LogP contribution in [0.15, 0.2) is 46.0 Å². The molecule has 2 aromatic carbocycles. The van der Waals surface area contributed by atoms with E-state index in [9.17, 15) is 4.79 Å². The summed E-state index contributed by atoms with van der Waals surface area (Å²) in [7, 11) is 0. The maximum Gasteiger partial charge on any atom is 0.277 e.